The number of fused-ring (bicyclic) bond motifs is 2. The first-order valence-corrected chi connectivity index (χ1v) is 9.44. The van der Waals surface area contributed by atoms with Gasteiger partial charge in [0, 0.05) is 39.2 Å². The van der Waals surface area contributed by atoms with E-state index in [1.54, 1.807) is 23.6 Å². The average molecular weight is 369 g/mol. The van der Waals surface area contributed by atoms with Crippen LogP contribution in [0.3, 0.4) is 0 Å². The normalized spacial score (nSPS) is 11.3. The summed E-state index contributed by atoms with van der Waals surface area (Å²) in [6.07, 6.45) is 3.60. The minimum Gasteiger partial charge on any atom is -0.293 e. The zero-order chi connectivity index (χ0) is 18.4. The number of Topliss-reactive ketones (excluding diaryl/α,β-unsaturated/α-hetero) is 1. The molecule has 0 amide bonds. The molecule has 0 atom stereocenters. The third kappa shape index (κ3) is 2.73. The van der Waals surface area contributed by atoms with Crippen molar-refractivity contribution in [2.24, 2.45) is 0 Å². The molecule has 0 spiro atoms. The Balaban J connectivity index is 1.70. The van der Waals surface area contributed by atoms with Gasteiger partial charge in [0.2, 0.25) is 0 Å². The molecule has 5 aromatic rings. The fraction of sp³-hybridized carbons (Fsp3) is 0.0455. The summed E-state index contributed by atoms with van der Waals surface area (Å²) in [5.41, 5.74) is 4.66. The van der Waals surface area contributed by atoms with Crippen LogP contribution in [0.4, 0.5) is 0 Å². The molecule has 0 saturated carbocycles. The third-order valence-corrected chi connectivity index (χ3v) is 5.85. The Morgan fingerprint density at radius 3 is 2.63 bits per heavy atom. The number of thiophene rings is 1. The highest BCUT2D eigenvalue weighted by atomic mass is 32.1. The highest BCUT2D eigenvalue weighted by Crippen LogP contribution is 2.38. The second-order valence-corrected chi connectivity index (χ2v) is 7.58. The number of hydrogen-bond acceptors (Lipinski definition) is 4. The minimum atomic E-state index is -0.0298. The number of ketones is 1. The number of aromatic nitrogens is 3. The Labute approximate surface area is 159 Å². The largest absolute Gasteiger partial charge is 0.293 e. The van der Waals surface area contributed by atoms with Crippen LogP contribution in [0, 0.1) is 0 Å². The molecule has 0 unspecified atom stereocenters. The second kappa shape index (κ2) is 6.14. The van der Waals surface area contributed by atoms with Gasteiger partial charge in [-0.15, -0.1) is 11.3 Å². The van der Waals surface area contributed by atoms with Gasteiger partial charge in [-0.05, 0) is 41.3 Å². The number of nitrogens with zero attached hydrogens (tertiary/aromatic N) is 2. The molecule has 0 fully saturated rings. The van der Waals surface area contributed by atoms with Gasteiger partial charge < -0.3 is 0 Å². The molecule has 4 nitrogen and oxygen atoms in total. The summed E-state index contributed by atoms with van der Waals surface area (Å²) < 4.78 is 1.26. The zero-order valence-electron chi connectivity index (χ0n) is 14.6. The molecule has 2 aromatic carbocycles. The van der Waals surface area contributed by atoms with Crippen LogP contribution in [0.1, 0.15) is 17.4 Å². The van der Waals surface area contributed by atoms with Crippen LogP contribution in [-0.2, 0) is 0 Å². The smallest absolute Gasteiger partial charge is 0.178 e. The van der Waals surface area contributed by atoms with E-state index in [0.29, 0.717) is 5.69 Å². The highest BCUT2D eigenvalue weighted by Gasteiger charge is 2.13. The van der Waals surface area contributed by atoms with Crippen molar-refractivity contribution in [3.8, 4) is 21.6 Å². The van der Waals surface area contributed by atoms with Crippen LogP contribution in [0.5, 0.6) is 0 Å². The van der Waals surface area contributed by atoms with E-state index < -0.39 is 0 Å². The van der Waals surface area contributed by atoms with Crippen molar-refractivity contribution < 1.29 is 4.79 Å². The number of pyridine rings is 1. The molecule has 27 heavy (non-hydrogen) atoms. The predicted octanol–water partition coefficient (Wildman–Crippen LogP) is 5.71. The van der Waals surface area contributed by atoms with Crippen LogP contribution in [-0.4, -0.2) is 21.0 Å². The molecule has 130 valence electrons. The van der Waals surface area contributed by atoms with Gasteiger partial charge in [-0.3, -0.25) is 14.9 Å². The van der Waals surface area contributed by atoms with Crippen molar-refractivity contribution in [1.82, 2.24) is 15.2 Å². The lowest BCUT2D eigenvalue weighted by Gasteiger charge is -2.07. The summed E-state index contributed by atoms with van der Waals surface area (Å²) in [5, 5.41) is 9.65. The van der Waals surface area contributed by atoms with Gasteiger partial charge in [0.1, 0.15) is 5.69 Å². The van der Waals surface area contributed by atoms with E-state index in [4.69, 9.17) is 0 Å². The molecule has 0 saturated heterocycles. The number of carbonyl (C=O) groups excluding carboxylic acids is 1. The quantitative estimate of drug-likeness (QED) is 0.414. The lowest BCUT2D eigenvalue weighted by atomic mass is 10.0. The zero-order valence-corrected chi connectivity index (χ0v) is 15.4. The van der Waals surface area contributed by atoms with Crippen LogP contribution >= 0.6 is 11.3 Å². The van der Waals surface area contributed by atoms with E-state index in [1.807, 2.05) is 12.3 Å². The summed E-state index contributed by atoms with van der Waals surface area (Å²) in [6, 6.07) is 18.6. The number of benzene rings is 2. The first-order valence-electron chi connectivity index (χ1n) is 8.62. The summed E-state index contributed by atoms with van der Waals surface area (Å²) in [7, 11) is 0. The number of carbonyl (C=O) groups is 1. The van der Waals surface area contributed by atoms with Crippen molar-refractivity contribution >= 4 is 38.1 Å². The number of hydrogen-bond donors (Lipinski definition) is 1. The van der Waals surface area contributed by atoms with Crippen molar-refractivity contribution in [2.45, 2.75) is 6.92 Å². The fourth-order valence-electron chi connectivity index (χ4n) is 3.31. The van der Waals surface area contributed by atoms with Gasteiger partial charge in [-0.1, -0.05) is 24.3 Å². The Morgan fingerprint density at radius 2 is 1.85 bits per heavy atom. The Morgan fingerprint density at radius 1 is 0.963 bits per heavy atom. The van der Waals surface area contributed by atoms with Gasteiger partial charge in [0.15, 0.2) is 5.78 Å². The topological polar surface area (TPSA) is 58.6 Å². The number of nitrogens with one attached hydrogen (secondary N) is 1. The first kappa shape index (κ1) is 15.9. The van der Waals surface area contributed by atoms with E-state index in [9.17, 15) is 4.79 Å². The van der Waals surface area contributed by atoms with Gasteiger partial charge in [-0.25, -0.2) is 0 Å². The van der Waals surface area contributed by atoms with Gasteiger partial charge in [0.05, 0.1) is 11.7 Å². The lowest BCUT2D eigenvalue weighted by molar-refractivity contribution is 0.101. The molecular weight excluding hydrogens is 354 g/mol. The van der Waals surface area contributed by atoms with E-state index in [-0.39, 0.29) is 5.78 Å². The molecule has 0 aliphatic rings. The summed E-state index contributed by atoms with van der Waals surface area (Å²) in [6.45, 7) is 1.53. The summed E-state index contributed by atoms with van der Waals surface area (Å²) in [5.74, 6) is -0.0298. The number of aromatic amines is 1. The number of rotatable bonds is 3. The van der Waals surface area contributed by atoms with Gasteiger partial charge >= 0.3 is 0 Å². The monoisotopic (exact) mass is 369 g/mol. The van der Waals surface area contributed by atoms with Gasteiger partial charge in [-0.2, -0.15) is 5.10 Å². The minimum absolute atomic E-state index is 0.0298. The molecule has 3 heterocycles. The Bertz CT molecular complexity index is 1270. The standard InChI is InChI=1S/C22H15N3OS/c1-13(26)19-7-6-15(11-23-19)16-8-17-12-24-25-22(17)18(9-16)21-10-14-4-2-3-5-20(14)27-21/h2-12H,1H3,(H,24,25). The molecule has 0 aliphatic carbocycles. The van der Waals surface area contributed by atoms with E-state index in [2.05, 4.69) is 57.6 Å². The number of H-pyrrole nitrogens is 1. The van der Waals surface area contributed by atoms with Crippen molar-refractivity contribution in [3.05, 3.63) is 72.7 Å². The SMILES string of the molecule is CC(=O)c1ccc(-c2cc(-c3cc4ccccc4s3)c3[nH]ncc3c2)cn1. The van der Waals surface area contributed by atoms with Gasteiger partial charge in [0.25, 0.3) is 0 Å². The molecule has 3 aromatic heterocycles. The van der Waals surface area contributed by atoms with Crippen LogP contribution in [0.15, 0.2) is 67.0 Å². The van der Waals surface area contributed by atoms with Crippen molar-refractivity contribution in [3.63, 3.8) is 0 Å². The molecule has 5 heteroatoms. The summed E-state index contributed by atoms with van der Waals surface area (Å²) >= 11 is 1.77. The van der Waals surface area contributed by atoms with E-state index in [1.165, 1.54) is 21.9 Å². The Kier molecular flexibility index (Phi) is 3.62. The van der Waals surface area contributed by atoms with Crippen LogP contribution < -0.4 is 0 Å². The average Bonchev–Trinajstić information content (AvgIpc) is 3.33. The maximum Gasteiger partial charge on any atom is 0.178 e. The van der Waals surface area contributed by atoms with Crippen LogP contribution in [0.2, 0.25) is 0 Å². The second-order valence-electron chi connectivity index (χ2n) is 6.49. The maximum absolute atomic E-state index is 11.5. The maximum atomic E-state index is 11.5. The van der Waals surface area contributed by atoms with Crippen molar-refractivity contribution in [1.29, 1.82) is 0 Å². The van der Waals surface area contributed by atoms with E-state index in [0.717, 1.165) is 27.6 Å². The molecule has 5 rings (SSSR count). The molecule has 0 radical (unpaired) electrons. The first-order chi connectivity index (χ1) is 13.2. The Hall–Kier alpha value is -3.31. The predicted molar refractivity (Wildman–Crippen MR) is 110 cm³/mol. The third-order valence-electron chi connectivity index (χ3n) is 4.70. The highest BCUT2D eigenvalue weighted by molar-refractivity contribution is 7.22. The van der Waals surface area contributed by atoms with E-state index >= 15 is 0 Å². The molecular formula is C22H15N3OS. The lowest BCUT2D eigenvalue weighted by Crippen LogP contribution is -1.95. The molecule has 0 bridgehead atoms. The fourth-order valence-corrected chi connectivity index (χ4v) is 4.39. The van der Waals surface area contributed by atoms with Crippen molar-refractivity contribution in [2.75, 3.05) is 0 Å². The van der Waals surface area contributed by atoms with Crippen LogP contribution in [0.25, 0.3) is 42.6 Å². The molecule has 0 aliphatic heterocycles. The summed E-state index contributed by atoms with van der Waals surface area (Å²) in [4.78, 5) is 17.0. The molecule has 1 N–H and O–H groups in total.